The van der Waals surface area contributed by atoms with Crippen LogP contribution < -0.4 is 5.32 Å². The van der Waals surface area contributed by atoms with E-state index in [1.54, 1.807) is 11.8 Å². The summed E-state index contributed by atoms with van der Waals surface area (Å²) in [6.45, 7) is 4.30. The normalized spacial score (nSPS) is 14.8. The van der Waals surface area contributed by atoms with Gasteiger partial charge in [-0.05, 0) is 48.6 Å². The van der Waals surface area contributed by atoms with Crippen LogP contribution in [-0.4, -0.2) is 32.5 Å². The van der Waals surface area contributed by atoms with Crippen LogP contribution in [-0.2, 0) is 4.79 Å². The molecule has 0 aliphatic rings. The number of nitrogens with zero attached hydrogens (tertiary/aromatic N) is 2. The molecule has 0 unspecified atom stereocenters. The molecule has 3 atom stereocenters. The number of aromatic nitrogens is 3. The smallest absolute Gasteiger partial charge is 0.243 e. The fourth-order valence-electron chi connectivity index (χ4n) is 3.29. The van der Waals surface area contributed by atoms with E-state index in [0.29, 0.717) is 0 Å². The Morgan fingerprint density at radius 1 is 1.26 bits per heavy atom. The van der Waals surface area contributed by atoms with Gasteiger partial charge < -0.3 is 14.9 Å². The molecule has 2 aromatic heterocycles. The number of carbonyl (C=O) groups excluding carboxylic acids is 1. The van der Waals surface area contributed by atoms with Crippen molar-refractivity contribution in [2.75, 3.05) is 12.0 Å². The molecule has 0 saturated carbocycles. The molecule has 5 nitrogen and oxygen atoms in total. The van der Waals surface area contributed by atoms with E-state index >= 15 is 0 Å². The number of aromatic amines is 1. The van der Waals surface area contributed by atoms with Gasteiger partial charge in [0.25, 0.3) is 0 Å². The number of para-hydroxylation sites is 2. The lowest BCUT2D eigenvalue weighted by Crippen LogP contribution is -2.38. The highest BCUT2D eigenvalue weighted by molar-refractivity contribution is 7.98. The van der Waals surface area contributed by atoms with Crippen molar-refractivity contribution < 1.29 is 4.79 Å². The SMILES string of the molecule is CC[C@H](C)[C@H](NC(=O)[C@H](CCSC)n1cccc1)c1nc2ccccc2[nH]1. The van der Waals surface area contributed by atoms with Crippen LogP contribution in [0, 0.1) is 5.92 Å². The van der Waals surface area contributed by atoms with Crippen LogP contribution in [0.4, 0.5) is 0 Å². The number of fused-ring (bicyclic) bond motifs is 1. The van der Waals surface area contributed by atoms with E-state index in [9.17, 15) is 4.79 Å². The van der Waals surface area contributed by atoms with Crippen molar-refractivity contribution in [3.8, 4) is 0 Å². The summed E-state index contributed by atoms with van der Waals surface area (Å²) in [6.07, 6.45) is 7.76. The number of hydrogen-bond acceptors (Lipinski definition) is 3. The fraction of sp³-hybridized carbons (Fsp3) is 0.429. The van der Waals surface area contributed by atoms with Crippen molar-refractivity contribution in [1.82, 2.24) is 19.9 Å². The minimum absolute atomic E-state index is 0.0472. The molecule has 2 heterocycles. The number of rotatable bonds is 9. The molecule has 0 radical (unpaired) electrons. The largest absolute Gasteiger partial charge is 0.344 e. The van der Waals surface area contributed by atoms with Gasteiger partial charge in [-0.1, -0.05) is 32.4 Å². The van der Waals surface area contributed by atoms with E-state index in [0.717, 1.165) is 35.5 Å². The zero-order valence-electron chi connectivity index (χ0n) is 16.2. The second kappa shape index (κ2) is 9.13. The topological polar surface area (TPSA) is 62.7 Å². The van der Waals surface area contributed by atoms with Crippen LogP contribution >= 0.6 is 11.8 Å². The Hall–Kier alpha value is -2.21. The van der Waals surface area contributed by atoms with Crippen LogP contribution in [0.5, 0.6) is 0 Å². The molecule has 27 heavy (non-hydrogen) atoms. The number of imidazole rings is 1. The molecule has 3 aromatic rings. The molecule has 0 aliphatic heterocycles. The molecule has 0 fully saturated rings. The lowest BCUT2D eigenvalue weighted by molar-refractivity contribution is -0.125. The molecule has 3 rings (SSSR count). The number of amides is 1. The number of hydrogen-bond donors (Lipinski definition) is 2. The van der Waals surface area contributed by atoms with Gasteiger partial charge >= 0.3 is 0 Å². The van der Waals surface area contributed by atoms with Gasteiger partial charge in [0.15, 0.2) is 0 Å². The maximum atomic E-state index is 13.2. The number of thioether (sulfide) groups is 1. The number of benzene rings is 1. The van der Waals surface area contributed by atoms with E-state index in [1.165, 1.54) is 0 Å². The molecule has 144 valence electrons. The summed E-state index contributed by atoms with van der Waals surface area (Å²) < 4.78 is 2.00. The van der Waals surface area contributed by atoms with Gasteiger partial charge in [-0.15, -0.1) is 0 Å². The van der Waals surface area contributed by atoms with Crippen LogP contribution in [0.2, 0.25) is 0 Å². The van der Waals surface area contributed by atoms with Crippen LogP contribution in [0.3, 0.4) is 0 Å². The first-order valence-electron chi connectivity index (χ1n) is 9.50. The Morgan fingerprint density at radius 2 is 2.00 bits per heavy atom. The van der Waals surface area contributed by atoms with Gasteiger partial charge in [-0.3, -0.25) is 4.79 Å². The summed E-state index contributed by atoms with van der Waals surface area (Å²) in [6, 6.07) is 11.6. The highest BCUT2D eigenvalue weighted by Gasteiger charge is 2.27. The van der Waals surface area contributed by atoms with Crippen LogP contribution in [0.25, 0.3) is 11.0 Å². The van der Waals surface area contributed by atoms with E-state index in [1.807, 2.05) is 53.4 Å². The van der Waals surface area contributed by atoms with Crippen molar-refractivity contribution >= 4 is 28.7 Å². The van der Waals surface area contributed by atoms with Gasteiger partial charge in [-0.2, -0.15) is 11.8 Å². The molecule has 2 N–H and O–H groups in total. The Kier molecular flexibility index (Phi) is 6.61. The van der Waals surface area contributed by atoms with Gasteiger partial charge in [-0.25, -0.2) is 4.98 Å². The summed E-state index contributed by atoms with van der Waals surface area (Å²) >= 11 is 1.76. The summed E-state index contributed by atoms with van der Waals surface area (Å²) in [4.78, 5) is 21.3. The Balaban J connectivity index is 1.85. The van der Waals surface area contributed by atoms with Crippen molar-refractivity contribution in [3.05, 3.63) is 54.6 Å². The number of H-pyrrole nitrogens is 1. The molecule has 0 bridgehead atoms. The Bertz CT molecular complexity index is 825. The average molecular weight is 385 g/mol. The van der Waals surface area contributed by atoms with E-state index in [4.69, 9.17) is 4.98 Å². The molecule has 1 aromatic carbocycles. The zero-order valence-corrected chi connectivity index (χ0v) is 17.0. The highest BCUT2D eigenvalue weighted by atomic mass is 32.2. The van der Waals surface area contributed by atoms with Crippen molar-refractivity contribution in [2.45, 2.75) is 38.8 Å². The Morgan fingerprint density at radius 3 is 2.67 bits per heavy atom. The van der Waals surface area contributed by atoms with Crippen LogP contribution in [0.15, 0.2) is 48.8 Å². The Labute approximate surface area is 165 Å². The van der Waals surface area contributed by atoms with Crippen molar-refractivity contribution in [1.29, 1.82) is 0 Å². The molecule has 0 aliphatic carbocycles. The third-order valence-corrected chi connectivity index (χ3v) is 5.74. The summed E-state index contributed by atoms with van der Waals surface area (Å²) in [5.74, 6) is 2.09. The molecule has 0 saturated heterocycles. The minimum Gasteiger partial charge on any atom is -0.344 e. The van der Waals surface area contributed by atoms with Crippen molar-refractivity contribution in [3.63, 3.8) is 0 Å². The number of carbonyl (C=O) groups is 1. The third-order valence-electron chi connectivity index (χ3n) is 5.10. The lowest BCUT2D eigenvalue weighted by Gasteiger charge is -2.26. The molecule has 6 heteroatoms. The summed E-state index contributed by atoms with van der Waals surface area (Å²) in [5, 5.41) is 3.28. The van der Waals surface area contributed by atoms with Gasteiger partial charge in [0, 0.05) is 12.4 Å². The standard InChI is InChI=1S/C21H28N4OS/c1-4-15(2)19(20-22-16-9-5-6-10-17(16)23-20)24-21(26)18(11-14-27-3)25-12-7-8-13-25/h5-10,12-13,15,18-19H,4,11,14H2,1-3H3,(H,22,23)(H,24,26)/t15-,18-,19-/m0/s1. The number of nitrogens with one attached hydrogen (secondary N) is 2. The van der Waals surface area contributed by atoms with E-state index in [2.05, 4.69) is 30.4 Å². The first kappa shape index (κ1) is 19.5. The van der Waals surface area contributed by atoms with Crippen molar-refractivity contribution in [2.24, 2.45) is 5.92 Å². The molecule has 1 amide bonds. The van der Waals surface area contributed by atoms with Gasteiger partial charge in [0.05, 0.1) is 17.1 Å². The van der Waals surface area contributed by atoms with Gasteiger partial charge in [0.1, 0.15) is 11.9 Å². The maximum absolute atomic E-state index is 13.2. The maximum Gasteiger partial charge on any atom is 0.243 e. The monoisotopic (exact) mass is 384 g/mol. The molecular weight excluding hydrogens is 356 g/mol. The van der Waals surface area contributed by atoms with Gasteiger partial charge in [0.2, 0.25) is 5.91 Å². The predicted molar refractivity (Wildman–Crippen MR) is 113 cm³/mol. The first-order valence-corrected chi connectivity index (χ1v) is 10.9. The predicted octanol–water partition coefficient (Wildman–Crippen LogP) is 4.56. The quantitative estimate of drug-likeness (QED) is 0.568. The molecular formula is C21H28N4OS. The second-order valence-electron chi connectivity index (χ2n) is 6.94. The second-order valence-corrected chi connectivity index (χ2v) is 7.92. The van der Waals surface area contributed by atoms with E-state index < -0.39 is 0 Å². The highest BCUT2D eigenvalue weighted by Crippen LogP contribution is 2.26. The average Bonchev–Trinajstić information content (AvgIpc) is 3.35. The summed E-state index contributed by atoms with van der Waals surface area (Å²) in [7, 11) is 0. The van der Waals surface area contributed by atoms with Crippen LogP contribution in [0.1, 0.15) is 44.6 Å². The minimum atomic E-state index is -0.205. The summed E-state index contributed by atoms with van der Waals surface area (Å²) in [5.41, 5.74) is 1.93. The van der Waals surface area contributed by atoms with E-state index in [-0.39, 0.29) is 23.9 Å². The fourth-order valence-corrected chi connectivity index (χ4v) is 3.74. The lowest BCUT2D eigenvalue weighted by atomic mass is 9.98. The zero-order chi connectivity index (χ0) is 19.2. The molecule has 0 spiro atoms. The first-order chi connectivity index (χ1) is 13.1. The third kappa shape index (κ3) is 4.56.